The summed E-state index contributed by atoms with van der Waals surface area (Å²) in [7, 11) is 2.54. The number of anilines is 1. The maximum absolute atomic E-state index is 12.4. The van der Waals surface area contributed by atoms with Crippen LogP contribution in [0.3, 0.4) is 0 Å². The molecule has 6 aromatic carbocycles. The molecule has 58 heavy (non-hydrogen) atoms. The second-order valence-electron chi connectivity index (χ2n) is 14.0. The average Bonchev–Trinajstić information content (AvgIpc) is 3.22. The molecule has 0 aromatic heterocycles. The number of para-hydroxylation sites is 2. The van der Waals surface area contributed by atoms with Gasteiger partial charge in [-0.25, -0.2) is 9.59 Å². The molecule has 4 N–H and O–H groups in total. The van der Waals surface area contributed by atoms with E-state index in [9.17, 15) is 29.9 Å². The number of aromatic hydroxyl groups is 2. The molecule has 6 aromatic rings. The van der Waals surface area contributed by atoms with Crippen LogP contribution in [-0.2, 0) is 44.7 Å². The number of nitrogens with two attached hydrogens (primary N) is 1. The van der Waals surface area contributed by atoms with Crippen LogP contribution in [0.2, 0.25) is 0 Å². The van der Waals surface area contributed by atoms with Crippen LogP contribution >= 0.6 is 0 Å². The second kappa shape index (κ2) is 16.8. The summed E-state index contributed by atoms with van der Waals surface area (Å²) in [6, 6.07) is 32.0. The Labute approximate surface area is 334 Å². The van der Waals surface area contributed by atoms with Crippen molar-refractivity contribution in [3.05, 3.63) is 164 Å². The summed E-state index contributed by atoms with van der Waals surface area (Å²) >= 11 is 0. The monoisotopic (exact) mass is 780 g/mol. The molecular formula is C46H40N2O10. The number of esters is 2. The third-order valence-electron chi connectivity index (χ3n) is 10.1. The number of hydrogen-bond donors (Lipinski definition) is 3. The molecule has 0 heterocycles. The van der Waals surface area contributed by atoms with Crippen LogP contribution in [0.4, 0.5) is 11.4 Å². The standard InChI is InChI=1S/C46H40N2O10/c1-55-41(49)25-57-45-29-9-3-11-31(45)17-37-21-34(28-8-6-14-40(24-28)48(53)54)22-38(44(37)52)18-32-12-4-10-30(46(32)58-26-42(50)56-2)16-36-20-33(19-35(15-29)43(36)51)27-7-5-13-39(47)23-27/h3-14,19-24,51-52H,15-18,25-26,47H2,1-2H3. The van der Waals surface area contributed by atoms with Crippen LogP contribution in [0.1, 0.15) is 44.5 Å². The van der Waals surface area contributed by atoms with E-state index < -0.39 is 30.1 Å². The number of hydrogen-bond acceptors (Lipinski definition) is 11. The fraction of sp³-hybridized carbons (Fsp3) is 0.174. The largest absolute Gasteiger partial charge is 0.507 e. The molecule has 7 rings (SSSR count). The summed E-state index contributed by atoms with van der Waals surface area (Å²) in [4.78, 5) is 36.2. The van der Waals surface area contributed by atoms with Crippen LogP contribution in [0.25, 0.3) is 22.3 Å². The first-order valence-electron chi connectivity index (χ1n) is 18.4. The minimum atomic E-state index is -0.596. The second-order valence-corrected chi connectivity index (χ2v) is 14.0. The Hall–Kier alpha value is -7.34. The number of nitro groups is 1. The smallest absolute Gasteiger partial charge is 0.343 e. The molecule has 0 atom stereocenters. The highest BCUT2D eigenvalue weighted by atomic mass is 16.6. The predicted octanol–water partition coefficient (Wildman–Crippen LogP) is 7.70. The van der Waals surface area contributed by atoms with Crippen molar-refractivity contribution < 1.29 is 43.7 Å². The van der Waals surface area contributed by atoms with Crippen molar-refractivity contribution in [2.45, 2.75) is 25.7 Å². The zero-order chi connectivity index (χ0) is 40.9. The molecule has 1 aliphatic carbocycles. The van der Waals surface area contributed by atoms with E-state index in [-0.39, 0.29) is 42.9 Å². The lowest BCUT2D eigenvalue weighted by Gasteiger charge is -2.21. The maximum Gasteiger partial charge on any atom is 0.343 e. The zero-order valence-electron chi connectivity index (χ0n) is 31.8. The third-order valence-corrected chi connectivity index (χ3v) is 10.1. The summed E-state index contributed by atoms with van der Waals surface area (Å²) in [5.74, 6) is -0.425. The van der Waals surface area contributed by atoms with Crippen molar-refractivity contribution in [1.82, 2.24) is 0 Å². The molecular weight excluding hydrogens is 741 g/mol. The van der Waals surface area contributed by atoms with Crippen molar-refractivity contribution in [3.63, 3.8) is 0 Å². The Morgan fingerprint density at radius 2 is 0.948 bits per heavy atom. The summed E-state index contributed by atoms with van der Waals surface area (Å²) < 4.78 is 22.2. The minimum Gasteiger partial charge on any atom is -0.507 e. The van der Waals surface area contributed by atoms with Crippen LogP contribution in [0.5, 0.6) is 23.0 Å². The van der Waals surface area contributed by atoms with E-state index in [0.717, 1.165) is 11.1 Å². The first-order chi connectivity index (χ1) is 28.0. The van der Waals surface area contributed by atoms with Gasteiger partial charge in [0.2, 0.25) is 0 Å². The van der Waals surface area contributed by atoms with E-state index in [0.29, 0.717) is 72.8 Å². The topological polar surface area (TPSA) is 181 Å². The number of phenols is 2. The van der Waals surface area contributed by atoms with Crippen molar-refractivity contribution in [1.29, 1.82) is 0 Å². The number of carbonyl (C=O) groups is 2. The van der Waals surface area contributed by atoms with Gasteiger partial charge in [0.15, 0.2) is 13.2 Å². The Bertz CT molecular complexity index is 2450. The van der Waals surface area contributed by atoms with E-state index in [1.807, 2.05) is 66.7 Å². The number of methoxy groups -OCH3 is 2. The first kappa shape index (κ1) is 38.9. The van der Waals surface area contributed by atoms with Crippen molar-refractivity contribution >= 4 is 23.3 Å². The molecule has 0 aliphatic heterocycles. The lowest BCUT2D eigenvalue weighted by Crippen LogP contribution is -2.15. The highest BCUT2D eigenvalue weighted by molar-refractivity contribution is 5.74. The van der Waals surface area contributed by atoms with Crippen LogP contribution in [0.15, 0.2) is 109 Å². The number of carbonyl (C=O) groups excluding carboxylic acids is 2. The molecule has 0 fully saturated rings. The normalized spacial score (nSPS) is 12.0. The van der Waals surface area contributed by atoms with Gasteiger partial charge in [-0.05, 0) is 103 Å². The Kier molecular flexibility index (Phi) is 11.3. The zero-order valence-corrected chi connectivity index (χ0v) is 31.8. The summed E-state index contributed by atoms with van der Waals surface area (Å²) in [6.45, 7) is -0.788. The van der Waals surface area contributed by atoms with Gasteiger partial charge in [0.1, 0.15) is 23.0 Å². The summed E-state index contributed by atoms with van der Waals surface area (Å²) in [5, 5.41) is 35.9. The average molecular weight is 781 g/mol. The number of phenolic OH excluding ortho intramolecular Hbond substituents is 2. The molecule has 0 spiro atoms. The van der Waals surface area contributed by atoms with Gasteiger partial charge < -0.3 is 34.9 Å². The molecule has 0 saturated heterocycles. The maximum atomic E-state index is 12.4. The number of nitrogen functional groups attached to an aromatic ring is 1. The lowest BCUT2D eigenvalue weighted by atomic mass is 9.88. The van der Waals surface area contributed by atoms with Gasteiger partial charge in [0.05, 0.1) is 19.1 Å². The molecule has 12 nitrogen and oxygen atoms in total. The highest BCUT2D eigenvalue weighted by Crippen LogP contribution is 2.41. The fourth-order valence-corrected chi connectivity index (χ4v) is 7.31. The number of non-ortho nitro benzene ring substituents is 1. The Morgan fingerprint density at radius 1 is 0.569 bits per heavy atom. The van der Waals surface area contributed by atoms with Crippen molar-refractivity contribution in [3.8, 4) is 45.3 Å². The first-order valence-corrected chi connectivity index (χ1v) is 18.4. The van der Waals surface area contributed by atoms with Gasteiger partial charge in [0, 0.05) is 43.5 Å². The van der Waals surface area contributed by atoms with E-state index in [1.165, 1.54) is 26.4 Å². The third kappa shape index (κ3) is 8.41. The van der Waals surface area contributed by atoms with E-state index in [1.54, 1.807) is 30.3 Å². The number of rotatable bonds is 9. The van der Waals surface area contributed by atoms with Gasteiger partial charge in [-0.2, -0.15) is 0 Å². The van der Waals surface area contributed by atoms with Gasteiger partial charge >= 0.3 is 11.9 Å². The van der Waals surface area contributed by atoms with Crippen LogP contribution < -0.4 is 15.2 Å². The number of ether oxygens (including phenoxy) is 4. The van der Waals surface area contributed by atoms with E-state index in [4.69, 9.17) is 24.7 Å². The number of nitro benzene ring substituents is 1. The number of fused-ring (bicyclic) bond motifs is 8. The van der Waals surface area contributed by atoms with E-state index in [2.05, 4.69) is 0 Å². The Balaban J connectivity index is 1.49. The number of nitrogens with zero attached hydrogens (tertiary/aromatic N) is 1. The van der Waals surface area contributed by atoms with Crippen LogP contribution in [-0.4, -0.2) is 54.5 Å². The highest BCUT2D eigenvalue weighted by Gasteiger charge is 2.23. The van der Waals surface area contributed by atoms with Gasteiger partial charge in [0.25, 0.3) is 5.69 Å². The summed E-state index contributed by atoms with van der Waals surface area (Å²) in [5.41, 5.74) is 14.1. The van der Waals surface area contributed by atoms with Crippen molar-refractivity contribution in [2.75, 3.05) is 33.2 Å². The lowest BCUT2D eigenvalue weighted by molar-refractivity contribution is -0.384. The SMILES string of the molecule is COC(=O)COc1c2cccc1Cc1cc(-c3cccc([N+](=O)[O-])c3)cc(c1O)Cc1cccc(c1OCC(=O)OC)Cc1cc(-c3cccc(N)c3)cc(c1O)C2. The molecule has 1 aliphatic rings. The molecule has 8 bridgehead atoms. The van der Waals surface area contributed by atoms with E-state index >= 15 is 0 Å². The molecule has 294 valence electrons. The molecule has 0 amide bonds. The molecule has 0 unspecified atom stereocenters. The predicted molar refractivity (Wildman–Crippen MR) is 217 cm³/mol. The molecule has 0 radical (unpaired) electrons. The molecule has 12 heteroatoms. The van der Waals surface area contributed by atoms with Crippen LogP contribution in [0, 0.1) is 10.1 Å². The Morgan fingerprint density at radius 3 is 1.33 bits per heavy atom. The van der Waals surface area contributed by atoms with Crippen molar-refractivity contribution in [2.24, 2.45) is 0 Å². The summed E-state index contributed by atoms with van der Waals surface area (Å²) in [6.07, 6.45) is 0.600. The quantitative estimate of drug-likeness (QED) is 0.0565. The molecule has 0 saturated carbocycles. The minimum absolute atomic E-state index is 0.0236. The van der Waals surface area contributed by atoms with Gasteiger partial charge in [-0.15, -0.1) is 0 Å². The van der Waals surface area contributed by atoms with Gasteiger partial charge in [-0.3, -0.25) is 10.1 Å². The van der Waals surface area contributed by atoms with Gasteiger partial charge in [-0.1, -0.05) is 60.7 Å². The fourth-order valence-electron chi connectivity index (χ4n) is 7.31. The number of benzene rings is 6.